The highest BCUT2D eigenvalue weighted by Gasteiger charge is 2.23. The molecule has 2 heteroatoms. The average Bonchev–Trinajstić information content (AvgIpc) is 3.66. The first-order valence-corrected chi connectivity index (χ1v) is 20.6. The van der Waals surface area contributed by atoms with Gasteiger partial charge in [-0.05, 0) is 86.8 Å². The fourth-order valence-electron chi connectivity index (χ4n) is 8.97. The van der Waals surface area contributed by atoms with Crippen molar-refractivity contribution in [3.05, 3.63) is 243 Å². The second-order valence-electron chi connectivity index (χ2n) is 15.3. The molecule has 0 atom stereocenters. The Bertz CT molecular complexity index is 3290. The molecule has 0 amide bonds. The molecule has 0 spiro atoms. The number of rotatable bonds is 8. The molecule has 0 aliphatic carbocycles. The predicted octanol–water partition coefficient (Wildman–Crippen LogP) is 16.1. The summed E-state index contributed by atoms with van der Waals surface area (Å²) in [7, 11) is 0. The lowest BCUT2D eigenvalue weighted by molar-refractivity contribution is 1.18. The number of benzene rings is 10. The average molecular weight is 765 g/mol. The number of anilines is 3. The van der Waals surface area contributed by atoms with Crippen molar-refractivity contribution in [3.8, 4) is 50.2 Å². The summed E-state index contributed by atoms with van der Waals surface area (Å²) >= 11 is 0. The van der Waals surface area contributed by atoms with Gasteiger partial charge in [0.2, 0.25) is 0 Å². The summed E-state index contributed by atoms with van der Waals surface area (Å²) in [5, 5.41) is 4.82. The maximum atomic E-state index is 2.48. The minimum atomic E-state index is 1.08. The molecule has 11 rings (SSSR count). The maximum Gasteiger partial charge on any atom is 0.0561 e. The molecule has 0 unspecified atom stereocenters. The van der Waals surface area contributed by atoms with Crippen molar-refractivity contribution < 1.29 is 0 Å². The van der Waals surface area contributed by atoms with Crippen LogP contribution in [0.3, 0.4) is 0 Å². The van der Waals surface area contributed by atoms with Gasteiger partial charge in [0.1, 0.15) is 0 Å². The van der Waals surface area contributed by atoms with Gasteiger partial charge >= 0.3 is 0 Å². The number of fused-ring (bicyclic) bond motifs is 4. The van der Waals surface area contributed by atoms with Crippen LogP contribution in [0.25, 0.3) is 82.8 Å². The molecular formula is C58H40N2. The Morgan fingerprint density at radius 1 is 0.283 bits per heavy atom. The highest BCUT2D eigenvalue weighted by molar-refractivity contribution is 6.11. The Morgan fingerprint density at radius 3 is 1.55 bits per heavy atom. The minimum absolute atomic E-state index is 1.08. The standard InChI is InChI=1S/C58H40N2/c1-5-18-41(19-6-1)46-32-35-51(43-22-9-3-10-23-43)57(38-46)60(55-31-17-27-44-26-13-14-28-50(44)55)48-34-37-53-52-29-15-16-30-56(52)59(58(53)40-48)47-33-36-49(42-20-7-2-8-21-42)54(39-47)45-24-11-4-12-25-45/h1-40H. The number of aromatic nitrogens is 1. The largest absolute Gasteiger partial charge is 0.309 e. The fraction of sp³-hybridized carbons (Fsp3) is 0. The minimum Gasteiger partial charge on any atom is -0.309 e. The topological polar surface area (TPSA) is 8.17 Å². The molecule has 0 bridgehead atoms. The Morgan fingerprint density at radius 2 is 0.833 bits per heavy atom. The summed E-state index contributed by atoms with van der Waals surface area (Å²) in [6.45, 7) is 0. The van der Waals surface area contributed by atoms with Crippen LogP contribution in [0.15, 0.2) is 243 Å². The van der Waals surface area contributed by atoms with E-state index in [1.165, 1.54) is 60.4 Å². The second-order valence-corrected chi connectivity index (χ2v) is 15.3. The lowest BCUT2D eigenvalue weighted by Gasteiger charge is -2.30. The van der Waals surface area contributed by atoms with E-state index in [2.05, 4.69) is 252 Å². The molecule has 11 aromatic rings. The van der Waals surface area contributed by atoms with Crippen molar-refractivity contribution in [2.24, 2.45) is 0 Å². The fourth-order valence-corrected chi connectivity index (χ4v) is 8.97. The van der Waals surface area contributed by atoms with Crippen molar-refractivity contribution in [3.63, 3.8) is 0 Å². The first-order valence-electron chi connectivity index (χ1n) is 20.6. The van der Waals surface area contributed by atoms with E-state index in [1.807, 2.05) is 0 Å². The highest BCUT2D eigenvalue weighted by Crippen LogP contribution is 2.47. The lowest BCUT2D eigenvalue weighted by Crippen LogP contribution is -2.12. The molecule has 0 radical (unpaired) electrons. The van der Waals surface area contributed by atoms with Crippen LogP contribution in [-0.2, 0) is 0 Å². The van der Waals surface area contributed by atoms with E-state index in [0.717, 1.165) is 39.4 Å². The summed E-state index contributed by atoms with van der Waals surface area (Å²) in [5.74, 6) is 0. The van der Waals surface area contributed by atoms with Crippen molar-refractivity contribution in [2.75, 3.05) is 4.90 Å². The van der Waals surface area contributed by atoms with Gasteiger partial charge in [-0.3, -0.25) is 0 Å². The Labute approximate surface area is 350 Å². The quantitative estimate of drug-likeness (QED) is 0.150. The molecular weight excluding hydrogens is 725 g/mol. The van der Waals surface area contributed by atoms with Gasteiger partial charge in [0.15, 0.2) is 0 Å². The number of hydrogen-bond acceptors (Lipinski definition) is 1. The van der Waals surface area contributed by atoms with Crippen LogP contribution >= 0.6 is 0 Å². The summed E-state index contributed by atoms with van der Waals surface area (Å²) in [6.07, 6.45) is 0. The van der Waals surface area contributed by atoms with Crippen molar-refractivity contribution in [2.45, 2.75) is 0 Å². The number of nitrogens with zero attached hydrogens (tertiary/aromatic N) is 2. The lowest BCUT2D eigenvalue weighted by atomic mass is 9.94. The van der Waals surface area contributed by atoms with E-state index in [1.54, 1.807) is 0 Å². The third-order valence-corrected chi connectivity index (χ3v) is 11.8. The van der Waals surface area contributed by atoms with Crippen LogP contribution < -0.4 is 4.90 Å². The zero-order valence-electron chi connectivity index (χ0n) is 33.0. The van der Waals surface area contributed by atoms with Crippen LogP contribution in [0.2, 0.25) is 0 Å². The Balaban J connectivity index is 1.20. The first kappa shape index (κ1) is 35.2. The zero-order chi connectivity index (χ0) is 39.8. The SMILES string of the molecule is c1ccc(-c2ccc(-c3ccccc3)c(N(c3ccc4c5ccccc5n(-c5ccc(-c6ccccc6)c(-c6ccccc6)c5)c4c3)c3cccc4ccccc34)c2)cc1. The molecule has 1 aromatic heterocycles. The van der Waals surface area contributed by atoms with Gasteiger partial charge in [0, 0.05) is 33.1 Å². The monoisotopic (exact) mass is 764 g/mol. The number of hydrogen-bond donors (Lipinski definition) is 0. The Hall–Kier alpha value is -7.94. The van der Waals surface area contributed by atoms with Crippen molar-refractivity contribution in [1.82, 2.24) is 4.57 Å². The molecule has 0 aliphatic rings. The van der Waals surface area contributed by atoms with Crippen LogP contribution in [0.5, 0.6) is 0 Å². The zero-order valence-corrected chi connectivity index (χ0v) is 33.0. The van der Waals surface area contributed by atoms with Crippen LogP contribution in [0.1, 0.15) is 0 Å². The van der Waals surface area contributed by atoms with Crippen LogP contribution in [0, 0.1) is 0 Å². The normalized spacial score (nSPS) is 11.3. The smallest absolute Gasteiger partial charge is 0.0561 e. The second kappa shape index (κ2) is 15.1. The van der Waals surface area contributed by atoms with Crippen molar-refractivity contribution >= 4 is 49.6 Å². The van der Waals surface area contributed by atoms with Crippen LogP contribution in [0.4, 0.5) is 17.1 Å². The molecule has 0 saturated heterocycles. The summed E-state index contributed by atoms with van der Waals surface area (Å²) in [5.41, 5.74) is 16.2. The molecule has 10 aromatic carbocycles. The highest BCUT2D eigenvalue weighted by atomic mass is 15.1. The third-order valence-electron chi connectivity index (χ3n) is 11.8. The van der Waals surface area contributed by atoms with E-state index in [4.69, 9.17) is 0 Å². The van der Waals surface area contributed by atoms with E-state index in [0.29, 0.717) is 0 Å². The summed E-state index contributed by atoms with van der Waals surface area (Å²) in [4.78, 5) is 2.48. The van der Waals surface area contributed by atoms with E-state index in [9.17, 15) is 0 Å². The third kappa shape index (κ3) is 6.23. The molecule has 0 N–H and O–H groups in total. The van der Waals surface area contributed by atoms with Gasteiger partial charge < -0.3 is 9.47 Å². The van der Waals surface area contributed by atoms with Gasteiger partial charge in [0.05, 0.1) is 22.4 Å². The van der Waals surface area contributed by atoms with Crippen molar-refractivity contribution in [1.29, 1.82) is 0 Å². The van der Waals surface area contributed by atoms with Gasteiger partial charge in [-0.15, -0.1) is 0 Å². The molecule has 1 heterocycles. The molecule has 0 aliphatic heterocycles. The van der Waals surface area contributed by atoms with Gasteiger partial charge in [-0.1, -0.05) is 200 Å². The van der Waals surface area contributed by atoms with E-state index >= 15 is 0 Å². The van der Waals surface area contributed by atoms with Gasteiger partial charge in [-0.25, -0.2) is 0 Å². The Kier molecular flexibility index (Phi) is 8.87. The molecule has 0 saturated carbocycles. The van der Waals surface area contributed by atoms with Gasteiger partial charge in [-0.2, -0.15) is 0 Å². The van der Waals surface area contributed by atoms with E-state index in [-0.39, 0.29) is 0 Å². The molecule has 0 fully saturated rings. The number of para-hydroxylation sites is 1. The van der Waals surface area contributed by atoms with E-state index < -0.39 is 0 Å². The maximum absolute atomic E-state index is 2.48. The first-order chi connectivity index (χ1) is 29.8. The predicted molar refractivity (Wildman–Crippen MR) is 255 cm³/mol. The molecule has 2 nitrogen and oxygen atoms in total. The summed E-state index contributed by atoms with van der Waals surface area (Å²) < 4.78 is 2.45. The summed E-state index contributed by atoms with van der Waals surface area (Å²) in [6, 6.07) is 88.0. The molecule has 282 valence electrons. The van der Waals surface area contributed by atoms with Crippen LogP contribution in [-0.4, -0.2) is 4.57 Å². The van der Waals surface area contributed by atoms with Gasteiger partial charge in [0.25, 0.3) is 0 Å². The molecule has 60 heavy (non-hydrogen) atoms.